The molecule has 0 aliphatic heterocycles. The molecule has 2 rings (SSSR count). The topological polar surface area (TPSA) is 78.9 Å². The molecule has 0 saturated heterocycles. The van der Waals surface area contributed by atoms with Gasteiger partial charge in [0.05, 0.1) is 11.2 Å². The van der Waals surface area contributed by atoms with E-state index in [4.69, 9.17) is 16.7 Å². The average molecular weight is 224 g/mol. The number of hydrogen-bond donors (Lipinski definition) is 2. The predicted octanol–water partition coefficient (Wildman–Crippen LogP) is 1.82. The lowest BCUT2D eigenvalue weighted by Crippen LogP contribution is -1.96. The van der Waals surface area contributed by atoms with Gasteiger partial charge in [-0.25, -0.2) is 9.78 Å². The summed E-state index contributed by atoms with van der Waals surface area (Å²) in [6.07, 6.45) is 2.78. The Morgan fingerprint density at radius 3 is 2.87 bits per heavy atom. The van der Waals surface area contributed by atoms with Gasteiger partial charge in [0, 0.05) is 6.20 Å². The third kappa shape index (κ3) is 1.82. The second kappa shape index (κ2) is 3.70. The van der Waals surface area contributed by atoms with Crippen molar-refractivity contribution in [3.05, 3.63) is 35.2 Å². The van der Waals surface area contributed by atoms with E-state index >= 15 is 0 Å². The number of pyridine rings is 1. The Labute approximate surface area is 89.8 Å². The van der Waals surface area contributed by atoms with Crippen LogP contribution in [0.15, 0.2) is 24.5 Å². The van der Waals surface area contributed by atoms with E-state index in [2.05, 4.69) is 15.0 Å². The van der Waals surface area contributed by atoms with E-state index in [0.717, 1.165) is 0 Å². The Hall–Kier alpha value is -1.88. The van der Waals surface area contributed by atoms with Crippen molar-refractivity contribution in [2.45, 2.75) is 0 Å². The van der Waals surface area contributed by atoms with Crippen LogP contribution >= 0.6 is 11.6 Å². The molecule has 0 radical (unpaired) electrons. The molecule has 0 fully saturated rings. The van der Waals surface area contributed by atoms with Crippen molar-refractivity contribution in [1.82, 2.24) is 15.0 Å². The lowest BCUT2D eigenvalue weighted by molar-refractivity contribution is 0.0691. The highest BCUT2D eigenvalue weighted by Crippen LogP contribution is 2.22. The van der Waals surface area contributed by atoms with Gasteiger partial charge in [0.25, 0.3) is 0 Å². The van der Waals surface area contributed by atoms with Gasteiger partial charge in [-0.1, -0.05) is 11.6 Å². The number of aromatic nitrogens is 3. The second-order valence-electron chi connectivity index (χ2n) is 2.78. The van der Waals surface area contributed by atoms with Gasteiger partial charge in [-0.05, 0) is 12.1 Å². The number of carbonyl (C=O) groups is 1. The van der Waals surface area contributed by atoms with Crippen LogP contribution in [-0.2, 0) is 0 Å². The molecule has 0 aliphatic rings. The van der Waals surface area contributed by atoms with Crippen molar-refractivity contribution in [2.75, 3.05) is 0 Å². The molecule has 0 unspecified atom stereocenters. The molecule has 2 heterocycles. The molecule has 6 heteroatoms. The molecule has 76 valence electrons. The van der Waals surface area contributed by atoms with Gasteiger partial charge in [0.1, 0.15) is 11.4 Å². The molecule has 0 spiro atoms. The van der Waals surface area contributed by atoms with Crippen LogP contribution in [0.3, 0.4) is 0 Å². The Morgan fingerprint density at radius 1 is 1.47 bits per heavy atom. The summed E-state index contributed by atoms with van der Waals surface area (Å²) in [6, 6.07) is 3.35. The third-order valence-corrected chi connectivity index (χ3v) is 2.09. The van der Waals surface area contributed by atoms with E-state index in [0.29, 0.717) is 16.5 Å². The number of nitrogens with zero attached hydrogens (tertiary/aromatic N) is 2. The fourth-order valence-electron chi connectivity index (χ4n) is 1.11. The van der Waals surface area contributed by atoms with Crippen LogP contribution in [0.4, 0.5) is 0 Å². The molecule has 2 N–H and O–H groups in total. The molecule has 15 heavy (non-hydrogen) atoms. The first-order valence-electron chi connectivity index (χ1n) is 4.07. The summed E-state index contributed by atoms with van der Waals surface area (Å²) in [4.78, 5) is 21.1. The molecule has 0 aromatic carbocycles. The van der Waals surface area contributed by atoms with Gasteiger partial charge in [-0.15, -0.1) is 0 Å². The predicted molar refractivity (Wildman–Crippen MR) is 53.8 cm³/mol. The quantitative estimate of drug-likeness (QED) is 0.814. The number of aromatic amines is 1. The van der Waals surface area contributed by atoms with Crippen molar-refractivity contribution in [3.8, 4) is 11.5 Å². The van der Waals surface area contributed by atoms with E-state index in [-0.39, 0.29) is 5.69 Å². The van der Waals surface area contributed by atoms with Crippen molar-refractivity contribution in [2.24, 2.45) is 0 Å². The third-order valence-electron chi connectivity index (χ3n) is 1.79. The second-order valence-corrected chi connectivity index (χ2v) is 3.19. The Balaban J connectivity index is 2.46. The number of aromatic carboxylic acids is 1. The largest absolute Gasteiger partial charge is 0.477 e. The normalized spacial score (nSPS) is 10.2. The minimum Gasteiger partial charge on any atom is -0.477 e. The molecule has 0 amide bonds. The Bertz CT molecular complexity index is 510. The first-order chi connectivity index (χ1) is 7.18. The lowest BCUT2D eigenvalue weighted by atomic mass is 10.3. The fourth-order valence-corrected chi connectivity index (χ4v) is 1.32. The molecule has 2 aromatic heterocycles. The first kappa shape index (κ1) is 9.67. The van der Waals surface area contributed by atoms with Gasteiger partial charge in [0.15, 0.2) is 5.82 Å². The van der Waals surface area contributed by atoms with Crippen LogP contribution in [0.5, 0.6) is 0 Å². The summed E-state index contributed by atoms with van der Waals surface area (Å²) in [7, 11) is 0. The van der Waals surface area contributed by atoms with Crippen molar-refractivity contribution >= 4 is 17.6 Å². The summed E-state index contributed by atoms with van der Waals surface area (Å²) < 4.78 is 0. The number of carboxylic acid groups (broad SMARTS) is 1. The van der Waals surface area contributed by atoms with Crippen LogP contribution in [0.2, 0.25) is 5.02 Å². The fraction of sp³-hybridized carbons (Fsp3) is 0. The molecule has 0 atom stereocenters. The van der Waals surface area contributed by atoms with E-state index in [1.807, 2.05) is 0 Å². The molecular formula is C9H6ClN3O2. The number of carboxylic acids is 1. The molecule has 2 aromatic rings. The zero-order valence-electron chi connectivity index (χ0n) is 7.44. The zero-order chi connectivity index (χ0) is 10.8. The maximum atomic E-state index is 10.6. The highest BCUT2D eigenvalue weighted by atomic mass is 35.5. The number of nitrogens with one attached hydrogen (secondary N) is 1. The molecule has 0 bridgehead atoms. The monoisotopic (exact) mass is 223 g/mol. The van der Waals surface area contributed by atoms with E-state index in [1.54, 1.807) is 18.3 Å². The maximum Gasteiger partial charge on any atom is 0.353 e. The van der Waals surface area contributed by atoms with E-state index in [9.17, 15) is 4.79 Å². The van der Waals surface area contributed by atoms with E-state index in [1.165, 1.54) is 6.20 Å². The number of rotatable bonds is 2. The Kier molecular flexibility index (Phi) is 2.39. The van der Waals surface area contributed by atoms with E-state index < -0.39 is 5.97 Å². The molecule has 5 nitrogen and oxygen atoms in total. The average Bonchev–Trinajstić information content (AvgIpc) is 2.67. The number of halogens is 1. The lowest BCUT2D eigenvalue weighted by Gasteiger charge is -1.97. The SMILES string of the molecule is O=C(O)c1cnc(-c2ncccc2Cl)[nH]1. The van der Waals surface area contributed by atoms with Gasteiger partial charge in [-0.2, -0.15) is 0 Å². The van der Waals surface area contributed by atoms with Crippen molar-refractivity contribution < 1.29 is 9.90 Å². The van der Waals surface area contributed by atoms with Gasteiger partial charge < -0.3 is 10.1 Å². The highest BCUT2D eigenvalue weighted by Gasteiger charge is 2.11. The summed E-state index contributed by atoms with van der Waals surface area (Å²) in [5, 5.41) is 9.11. The van der Waals surface area contributed by atoms with Crippen molar-refractivity contribution in [1.29, 1.82) is 0 Å². The summed E-state index contributed by atoms with van der Waals surface area (Å²) in [5.74, 6) is -0.723. The van der Waals surface area contributed by atoms with Gasteiger partial charge >= 0.3 is 5.97 Å². The maximum absolute atomic E-state index is 10.6. The van der Waals surface area contributed by atoms with Crippen LogP contribution in [0.25, 0.3) is 11.5 Å². The number of hydrogen-bond acceptors (Lipinski definition) is 3. The number of imidazole rings is 1. The zero-order valence-corrected chi connectivity index (χ0v) is 8.19. The smallest absolute Gasteiger partial charge is 0.353 e. The number of H-pyrrole nitrogens is 1. The van der Waals surface area contributed by atoms with Crippen molar-refractivity contribution in [3.63, 3.8) is 0 Å². The molecule has 0 aliphatic carbocycles. The van der Waals surface area contributed by atoms with Gasteiger partial charge in [0.2, 0.25) is 0 Å². The summed E-state index contributed by atoms with van der Waals surface area (Å²) in [6.45, 7) is 0. The van der Waals surface area contributed by atoms with Crippen LogP contribution < -0.4 is 0 Å². The minimum absolute atomic E-state index is 0.00622. The first-order valence-corrected chi connectivity index (χ1v) is 4.45. The minimum atomic E-state index is -1.07. The van der Waals surface area contributed by atoms with Crippen LogP contribution in [0.1, 0.15) is 10.5 Å². The Morgan fingerprint density at radius 2 is 2.27 bits per heavy atom. The molecule has 0 saturated carbocycles. The highest BCUT2D eigenvalue weighted by molar-refractivity contribution is 6.32. The summed E-state index contributed by atoms with van der Waals surface area (Å²) in [5.41, 5.74) is 0.443. The standard InChI is InChI=1S/C9H6ClN3O2/c10-5-2-1-3-11-7(5)8-12-4-6(13-8)9(14)15/h1-4H,(H,12,13)(H,14,15). The van der Waals surface area contributed by atoms with Crippen LogP contribution in [-0.4, -0.2) is 26.0 Å². The summed E-state index contributed by atoms with van der Waals surface area (Å²) >= 11 is 5.88. The van der Waals surface area contributed by atoms with Crippen LogP contribution in [0, 0.1) is 0 Å². The van der Waals surface area contributed by atoms with Gasteiger partial charge in [-0.3, -0.25) is 4.98 Å². The molecular weight excluding hydrogens is 218 g/mol.